The zero-order chi connectivity index (χ0) is 24.0. The van der Waals surface area contributed by atoms with E-state index in [0.29, 0.717) is 35.3 Å². The monoisotopic (exact) mass is 488 g/mol. The van der Waals surface area contributed by atoms with Crippen molar-refractivity contribution in [3.05, 3.63) is 77.3 Å². The predicted molar refractivity (Wildman–Crippen MR) is 129 cm³/mol. The fourth-order valence-corrected chi connectivity index (χ4v) is 5.04. The SMILES string of the molecule is CCN(CC)S(=O)(=O)c1cc(C(=O)Nc2ccccc2Oc2ccccc2Cl)ccc1OC. The number of methoxy groups -OCH3 is 1. The van der Waals surface area contributed by atoms with Crippen LogP contribution in [0.1, 0.15) is 24.2 Å². The third-order valence-corrected chi connectivity index (χ3v) is 7.32. The van der Waals surface area contributed by atoms with Gasteiger partial charge in [0.1, 0.15) is 16.4 Å². The number of rotatable bonds is 9. The average Bonchev–Trinajstić information content (AvgIpc) is 2.82. The van der Waals surface area contributed by atoms with Gasteiger partial charge >= 0.3 is 0 Å². The lowest BCUT2D eigenvalue weighted by atomic mass is 10.2. The van der Waals surface area contributed by atoms with E-state index in [0.717, 1.165) is 0 Å². The smallest absolute Gasteiger partial charge is 0.255 e. The first-order chi connectivity index (χ1) is 15.8. The summed E-state index contributed by atoms with van der Waals surface area (Å²) >= 11 is 6.18. The Labute approximate surface area is 198 Å². The number of halogens is 1. The lowest BCUT2D eigenvalue weighted by molar-refractivity contribution is 0.102. The van der Waals surface area contributed by atoms with Crippen LogP contribution in [0.25, 0.3) is 0 Å². The standard InChI is InChI=1S/C24H25ClN2O5S/c1-4-27(5-2)33(29,30)23-16-17(14-15-22(23)31-3)24(28)26-19-11-7-9-13-21(19)32-20-12-8-6-10-18(20)25/h6-16H,4-5H2,1-3H3,(H,26,28). The molecule has 0 saturated carbocycles. The van der Waals surface area contributed by atoms with Crippen LogP contribution in [0.5, 0.6) is 17.2 Å². The Morgan fingerprint density at radius 1 is 0.939 bits per heavy atom. The summed E-state index contributed by atoms with van der Waals surface area (Å²) in [5.41, 5.74) is 0.570. The Bertz CT molecular complexity index is 1240. The summed E-state index contributed by atoms with van der Waals surface area (Å²) in [5, 5.41) is 3.21. The van der Waals surface area contributed by atoms with Crippen LogP contribution in [0.15, 0.2) is 71.6 Å². The van der Waals surface area contributed by atoms with Crippen LogP contribution in [-0.2, 0) is 10.0 Å². The van der Waals surface area contributed by atoms with E-state index < -0.39 is 15.9 Å². The second-order valence-corrected chi connectivity index (χ2v) is 9.25. The van der Waals surface area contributed by atoms with Crippen LogP contribution < -0.4 is 14.8 Å². The molecule has 1 amide bonds. The van der Waals surface area contributed by atoms with Crippen molar-refractivity contribution in [1.29, 1.82) is 0 Å². The number of ether oxygens (including phenoxy) is 2. The number of hydrogen-bond acceptors (Lipinski definition) is 5. The van der Waals surface area contributed by atoms with Gasteiger partial charge in [0.15, 0.2) is 5.75 Å². The first-order valence-corrected chi connectivity index (χ1v) is 12.1. The number of amides is 1. The minimum atomic E-state index is -3.84. The average molecular weight is 489 g/mol. The molecule has 0 spiro atoms. The summed E-state index contributed by atoms with van der Waals surface area (Å²) in [7, 11) is -2.45. The van der Waals surface area contributed by atoms with Crippen LogP contribution in [-0.4, -0.2) is 38.8 Å². The molecule has 0 saturated heterocycles. The number of para-hydroxylation sites is 3. The van der Waals surface area contributed by atoms with Gasteiger partial charge in [0.25, 0.3) is 5.91 Å². The van der Waals surface area contributed by atoms with Gasteiger partial charge in [-0.1, -0.05) is 49.7 Å². The maximum absolute atomic E-state index is 13.1. The first-order valence-electron chi connectivity index (χ1n) is 10.3. The molecule has 3 aromatic carbocycles. The highest BCUT2D eigenvalue weighted by molar-refractivity contribution is 7.89. The Balaban J connectivity index is 1.93. The highest BCUT2D eigenvalue weighted by atomic mass is 35.5. The van der Waals surface area contributed by atoms with Gasteiger partial charge in [0, 0.05) is 18.7 Å². The molecule has 0 radical (unpaired) electrons. The summed E-state index contributed by atoms with van der Waals surface area (Å²) in [6, 6.07) is 18.2. The Morgan fingerprint density at radius 2 is 1.58 bits per heavy atom. The molecule has 0 unspecified atom stereocenters. The minimum Gasteiger partial charge on any atom is -0.495 e. The number of sulfonamides is 1. The maximum Gasteiger partial charge on any atom is 0.255 e. The molecule has 0 aliphatic rings. The van der Waals surface area contributed by atoms with Gasteiger partial charge in [-0.2, -0.15) is 4.31 Å². The third-order valence-electron chi connectivity index (χ3n) is 4.94. The second-order valence-electron chi connectivity index (χ2n) is 6.94. The molecule has 1 N–H and O–H groups in total. The molecule has 0 aromatic heterocycles. The van der Waals surface area contributed by atoms with Gasteiger partial charge in [-0.15, -0.1) is 0 Å². The predicted octanol–water partition coefficient (Wildman–Crippen LogP) is 5.42. The van der Waals surface area contributed by atoms with Crippen molar-refractivity contribution in [2.45, 2.75) is 18.7 Å². The molecule has 9 heteroatoms. The highest BCUT2D eigenvalue weighted by Crippen LogP contribution is 2.34. The Kier molecular flexibility index (Phi) is 7.97. The van der Waals surface area contributed by atoms with Crippen molar-refractivity contribution in [2.24, 2.45) is 0 Å². The number of carbonyl (C=O) groups excluding carboxylic acids is 1. The summed E-state index contributed by atoms with van der Waals surface area (Å²) < 4.78 is 38.6. The molecule has 0 aliphatic carbocycles. The van der Waals surface area contributed by atoms with Crippen molar-refractivity contribution in [3.63, 3.8) is 0 Å². The number of benzene rings is 3. The Morgan fingerprint density at radius 3 is 2.21 bits per heavy atom. The summed E-state index contributed by atoms with van der Waals surface area (Å²) in [6.45, 7) is 4.09. The van der Waals surface area contributed by atoms with Gasteiger partial charge in [-0.05, 0) is 42.5 Å². The topological polar surface area (TPSA) is 84.9 Å². The maximum atomic E-state index is 13.1. The zero-order valence-corrected chi connectivity index (χ0v) is 20.1. The van der Waals surface area contributed by atoms with E-state index in [4.69, 9.17) is 21.1 Å². The molecule has 0 fully saturated rings. The number of nitrogens with zero attached hydrogens (tertiary/aromatic N) is 1. The number of anilines is 1. The van der Waals surface area contributed by atoms with Crippen LogP contribution in [0.4, 0.5) is 5.69 Å². The van der Waals surface area contributed by atoms with Crippen molar-refractivity contribution in [2.75, 3.05) is 25.5 Å². The lowest BCUT2D eigenvalue weighted by Gasteiger charge is -2.20. The first kappa shape index (κ1) is 24.6. The summed E-state index contributed by atoms with van der Waals surface area (Å²) in [4.78, 5) is 13.0. The van der Waals surface area contributed by atoms with Crippen LogP contribution in [0, 0.1) is 0 Å². The van der Waals surface area contributed by atoms with E-state index in [9.17, 15) is 13.2 Å². The Hall–Kier alpha value is -3.07. The highest BCUT2D eigenvalue weighted by Gasteiger charge is 2.27. The molecular formula is C24H25ClN2O5S. The van der Waals surface area contributed by atoms with E-state index in [-0.39, 0.29) is 16.2 Å². The molecule has 3 rings (SSSR count). The van der Waals surface area contributed by atoms with Crippen LogP contribution >= 0.6 is 11.6 Å². The van der Waals surface area contributed by atoms with Crippen molar-refractivity contribution in [3.8, 4) is 17.2 Å². The number of nitrogens with one attached hydrogen (secondary N) is 1. The van der Waals surface area contributed by atoms with Crippen LogP contribution in [0.2, 0.25) is 5.02 Å². The van der Waals surface area contributed by atoms with Gasteiger partial charge in [-0.3, -0.25) is 4.79 Å². The fraction of sp³-hybridized carbons (Fsp3) is 0.208. The lowest BCUT2D eigenvalue weighted by Crippen LogP contribution is -2.31. The number of carbonyl (C=O) groups is 1. The molecule has 0 heterocycles. The zero-order valence-electron chi connectivity index (χ0n) is 18.5. The van der Waals surface area contributed by atoms with Crippen molar-refractivity contribution in [1.82, 2.24) is 4.31 Å². The van der Waals surface area contributed by atoms with E-state index in [1.54, 1.807) is 62.4 Å². The molecule has 0 bridgehead atoms. The quantitative estimate of drug-likeness (QED) is 0.434. The molecule has 7 nitrogen and oxygen atoms in total. The number of hydrogen-bond donors (Lipinski definition) is 1. The van der Waals surface area contributed by atoms with E-state index in [1.165, 1.54) is 29.6 Å². The minimum absolute atomic E-state index is 0.0676. The van der Waals surface area contributed by atoms with E-state index in [2.05, 4.69) is 5.32 Å². The van der Waals surface area contributed by atoms with E-state index >= 15 is 0 Å². The molecule has 174 valence electrons. The summed E-state index contributed by atoms with van der Waals surface area (Å²) in [6.07, 6.45) is 0. The van der Waals surface area contributed by atoms with Gasteiger partial charge in [0.05, 0.1) is 17.8 Å². The van der Waals surface area contributed by atoms with Crippen molar-refractivity contribution < 1.29 is 22.7 Å². The fourth-order valence-electron chi connectivity index (χ4n) is 3.22. The second kappa shape index (κ2) is 10.7. The van der Waals surface area contributed by atoms with Gasteiger partial charge in [-0.25, -0.2) is 8.42 Å². The van der Waals surface area contributed by atoms with E-state index in [1.807, 2.05) is 0 Å². The normalized spacial score (nSPS) is 11.3. The largest absolute Gasteiger partial charge is 0.495 e. The molecular weight excluding hydrogens is 464 g/mol. The van der Waals surface area contributed by atoms with Crippen LogP contribution in [0.3, 0.4) is 0 Å². The van der Waals surface area contributed by atoms with Gasteiger partial charge < -0.3 is 14.8 Å². The molecule has 0 aliphatic heterocycles. The molecule has 0 atom stereocenters. The molecule has 33 heavy (non-hydrogen) atoms. The summed E-state index contributed by atoms with van der Waals surface area (Å²) in [5.74, 6) is 0.506. The van der Waals surface area contributed by atoms with Crippen molar-refractivity contribution >= 4 is 33.2 Å². The molecule has 3 aromatic rings. The third kappa shape index (κ3) is 5.47. The van der Waals surface area contributed by atoms with Gasteiger partial charge in [0.2, 0.25) is 10.0 Å².